The first-order valence-electron chi connectivity index (χ1n) is 7.56. The number of ether oxygens (including phenoxy) is 1. The second-order valence-corrected chi connectivity index (χ2v) is 8.17. The number of rotatable bonds is 6. The largest absolute Gasteiger partial charge is 0.497 e. The summed E-state index contributed by atoms with van der Waals surface area (Å²) in [5.74, 6) is -1.72. The van der Waals surface area contributed by atoms with E-state index in [9.17, 15) is 17.2 Å². The zero-order valence-electron chi connectivity index (χ0n) is 13.7. The number of anilines is 1. The Bertz CT molecular complexity index is 968. The van der Waals surface area contributed by atoms with Crippen LogP contribution in [0.2, 0.25) is 0 Å². The Kier molecular flexibility index (Phi) is 5.24. The molecule has 0 aliphatic heterocycles. The lowest BCUT2D eigenvalue weighted by atomic mass is 10.3. The third-order valence-corrected chi connectivity index (χ3v) is 6.39. The number of hydrogen-bond donors (Lipinski definition) is 0. The van der Waals surface area contributed by atoms with Gasteiger partial charge in [-0.3, -0.25) is 4.31 Å². The topological polar surface area (TPSA) is 46.6 Å². The van der Waals surface area contributed by atoms with Crippen LogP contribution in [-0.4, -0.2) is 15.5 Å². The monoisotopic (exact) mass is 395 g/mol. The van der Waals surface area contributed by atoms with E-state index in [0.717, 1.165) is 27.4 Å². The average molecular weight is 395 g/mol. The van der Waals surface area contributed by atoms with Gasteiger partial charge in [-0.1, -0.05) is 12.1 Å². The maximum Gasteiger partial charge on any atom is 0.270 e. The van der Waals surface area contributed by atoms with E-state index in [1.807, 2.05) is 0 Å². The van der Waals surface area contributed by atoms with Crippen molar-refractivity contribution in [2.75, 3.05) is 11.4 Å². The van der Waals surface area contributed by atoms with Crippen LogP contribution >= 0.6 is 11.3 Å². The Hall–Kier alpha value is -2.45. The SMILES string of the molecule is COc1ccc(N(Cc2cccs2)S(=O)(=O)c2c(F)cccc2F)cc1. The van der Waals surface area contributed by atoms with Crippen LogP contribution in [0.4, 0.5) is 14.5 Å². The molecule has 0 aliphatic carbocycles. The molecular formula is C18H15F2NO3S2. The van der Waals surface area contributed by atoms with Crippen molar-refractivity contribution in [1.82, 2.24) is 0 Å². The summed E-state index contributed by atoms with van der Waals surface area (Å²) in [7, 11) is -2.97. The fourth-order valence-corrected chi connectivity index (χ4v) is 4.78. The van der Waals surface area contributed by atoms with Gasteiger partial charge in [0.15, 0.2) is 4.90 Å². The summed E-state index contributed by atoms with van der Waals surface area (Å²) in [6.45, 7) is -0.0416. The second kappa shape index (κ2) is 7.43. The molecule has 0 bridgehead atoms. The van der Waals surface area contributed by atoms with Crippen LogP contribution in [0.15, 0.2) is 64.9 Å². The molecule has 8 heteroatoms. The molecule has 0 atom stereocenters. The summed E-state index contributed by atoms with van der Waals surface area (Å²) >= 11 is 1.35. The summed E-state index contributed by atoms with van der Waals surface area (Å²) in [5.41, 5.74) is 0.279. The quantitative estimate of drug-likeness (QED) is 0.620. The zero-order valence-corrected chi connectivity index (χ0v) is 15.4. The predicted molar refractivity (Wildman–Crippen MR) is 97.0 cm³/mol. The van der Waals surface area contributed by atoms with E-state index in [4.69, 9.17) is 4.74 Å². The highest BCUT2D eigenvalue weighted by atomic mass is 32.2. The van der Waals surface area contributed by atoms with Crippen LogP contribution in [0, 0.1) is 11.6 Å². The molecule has 2 aromatic carbocycles. The Morgan fingerprint density at radius 3 is 2.19 bits per heavy atom. The molecule has 0 radical (unpaired) electrons. The van der Waals surface area contributed by atoms with E-state index in [1.165, 1.54) is 30.6 Å². The lowest BCUT2D eigenvalue weighted by Gasteiger charge is -2.24. The van der Waals surface area contributed by atoms with Gasteiger partial charge >= 0.3 is 0 Å². The Balaban J connectivity index is 2.12. The highest BCUT2D eigenvalue weighted by Crippen LogP contribution is 2.31. The maximum absolute atomic E-state index is 14.2. The van der Waals surface area contributed by atoms with Crippen LogP contribution in [0.3, 0.4) is 0 Å². The van der Waals surface area contributed by atoms with Gasteiger partial charge in [0, 0.05) is 4.88 Å². The first-order chi connectivity index (χ1) is 12.4. The number of nitrogens with zero attached hydrogens (tertiary/aromatic N) is 1. The molecule has 1 aromatic heterocycles. The van der Waals surface area contributed by atoms with Crippen LogP contribution in [0.25, 0.3) is 0 Å². The molecule has 3 rings (SSSR count). The molecule has 0 amide bonds. The van der Waals surface area contributed by atoms with Gasteiger partial charge in [0.2, 0.25) is 0 Å². The standard InChI is InChI=1S/C18H15F2NO3S2/c1-24-14-9-7-13(8-10-14)21(12-15-4-3-11-25-15)26(22,23)18-16(19)5-2-6-17(18)20/h2-11H,12H2,1H3. The molecule has 3 aromatic rings. The van der Waals surface area contributed by atoms with Crippen LogP contribution in [-0.2, 0) is 16.6 Å². The molecule has 4 nitrogen and oxygen atoms in total. The number of hydrogen-bond acceptors (Lipinski definition) is 4. The van der Waals surface area contributed by atoms with Crippen LogP contribution in [0.1, 0.15) is 4.88 Å². The molecule has 0 saturated heterocycles. The zero-order chi connectivity index (χ0) is 18.7. The second-order valence-electron chi connectivity index (χ2n) is 5.34. The van der Waals surface area contributed by atoms with Gasteiger partial charge in [0.1, 0.15) is 17.4 Å². The van der Waals surface area contributed by atoms with E-state index in [2.05, 4.69) is 0 Å². The molecule has 0 unspecified atom stereocenters. The summed E-state index contributed by atoms with van der Waals surface area (Å²) in [4.78, 5) is -0.228. The van der Waals surface area contributed by atoms with Crippen molar-refractivity contribution in [1.29, 1.82) is 0 Å². The van der Waals surface area contributed by atoms with E-state index in [-0.39, 0.29) is 12.2 Å². The molecule has 0 fully saturated rings. The lowest BCUT2D eigenvalue weighted by Crippen LogP contribution is -2.31. The number of thiophene rings is 1. The Morgan fingerprint density at radius 1 is 1.00 bits per heavy atom. The fourth-order valence-electron chi connectivity index (χ4n) is 2.45. The Labute approximate surface area is 154 Å². The van der Waals surface area contributed by atoms with Gasteiger partial charge in [-0.05, 0) is 47.8 Å². The third kappa shape index (κ3) is 3.56. The number of halogens is 2. The van der Waals surface area contributed by atoms with Gasteiger partial charge in [-0.25, -0.2) is 17.2 Å². The number of methoxy groups -OCH3 is 1. The number of sulfonamides is 1. The summed E-state index contributed by atoms with van der Waals surface area (Å²) in [5, 5.41) is 1.80. The summed E-state index contributed by atoms with van der Waals surface area (Å²) < 4.78 is 60.5. The molecule has 0 aliphatic rings. The number of benzene rings is 2. The van der Waals surface area contributed by atoms with E-state index < -0.39 is 26.6 Å². The average Bonchev–Trinajstić information content (AvgIpc) is 3.12. The normalized spacial score (nSPS) is 11.3. The molecule has 136 valence electrons. The van der Waals surface area contributed by atoms with Crippen LogP contribution < -0.4 is 9.04 Å². The smallest absolute Gasteiger partial charge is 0.270 e. The molecular weight excluding hydrogens is 380 g/mol. The van der Waals surface area contributed by atoms with Gasteiger partial charge < -0.3 is 4.74 Å². The maximum atomic E-state index is 14.2. The lowest BCUT2D eigenvalue weighted by molar-refractivity contribution is 0.415. The molecule has 0 saturated carbocycles. The van der Waals surface area contributed by atoms with Crippen molar-refractivity contribution in [2.24, 2.45) is 0 Å². The highest BCUT2D eigenvalue weighted by Gasteiger charge is 2.31. The minimum Gasteiger partial charge on any atom is -0.497 e. The molecule has 0 spiro atoms. The first-order valence-corrected chi connectivity index (χ1v) is 9.88. The highest BCUT2D eigenvalue weighted by molar-refractivity contribution is 7.92. The fraction of sp³-hybridized carbons (Fsp3) is 0.111. The predicted octanol–water partition coefficient (Wildman–Crippen LogP) is 4.43. The van der Waals surface area contributed by atoms with Crippen molar-refractivity contribution in [3.63, 3.8) is 0 Å². The van der Waals surface area contributed by atoms with Gasteiger partial charge in [0.25, 0.3) is 10.0 Å². The van der Waals surface area contributed by atoms with E-state index >= 15 is 0 Å². The Morgan fingerprint density at radius 2 is 1.65 bits per heavy atom. The third-order valence-electron chi connectivity index (χ3n) is 3.71. The van der Waals surface area contributed by atoms with Gasteiger partial charge in [-0.2, -0.15) is 0 Å². The molecule has 0 N–H and O–H groups in total. The van der Waals surface area contributed by atoms with Gasteiger partial charge in [-0.15, -0.1) is 11.3 Å². The van der Waals surface area contributed by atoms with Crippen molar-refractivity contribution in [3.8, 4) is 5.75 Å². The summed E-state index contributed by atoms with van der Waals surface area (Å²) in [6.07, 6.45) is 0. The van der Waals surface area contributed by atoms with Crippen LogP contribution in [0.5, 0.6) is 5.75 Å². The van der Waals surface area contributed by atoms with Crippen molar-refractivity contribution in [3.05, 3.63) is 76.5 Å². The first kappa shape index (κ1) is 18.3. The molecule has 1 heterocycles. The van der Waals surface area contributed by atoms with Crippen molar-refractivity contribution in [2.45, 2.75) is 11.4 Å². The van der Waals surface area contributed by atoms with Crippen molar-refractivity contribution < 1.29 is 21.9 Å². The summed E-state index contributed by atoms with van der Waals surface area (Å²) in [6, 6.07) is 12.7. The molecule has 26 heavy (non-hydrogen) atoms. The van der Waals surface area contributed by atoms with Crippen molar-refractivity contribution >= 4 is 27.0 Å². The minimum atomic E-state index is -4.46. The van der Waals surface area contributed by atoms with E-state index in [1.54, 1.807) is 29.6 Å². The minimum absolute atomic E-state index is 0.0416. The van der Waals surface area contributed by atoms with Gasteiger partial charge in [0.05, 0.1) is 19.3 Å². The van der Waals surface area contributed by atoms with E-state index in [0.29, 0.717) is 5.75 Å².